The van der Waals surface area contributed by atoms with Crippen LogP contribution in [0.1, 0.15) is 10.5 Å². The second-order valence-electron chi connectivity index (χ2n) is 2.86. The number of methoxy groups -OCH3 is 1. The molecular weight excluding hydrogens is 216 g/mol. The first-order valence-electron chi connectivity index (χ1n) is 4.68. The molecule has 1 rings (SSSR count). The fourth-order valence-electron chi connectivity index (χ4n) is 0.918. The minimum Gasteiger partial charge on any atom is -0.382 e. The summed E-state index contributed by atoms with van der Waals surface area (Å²) in [6.07, 6.45) is 0. The zero-order chi connectivity index (χ0) is 11.8. The van der Waals surface area contributed by atoms with Gasteiger partial charge in [-0.3, -0.25) is 4.79 Å². The lowest BCUT2D eigenvalue weighted by Crippen LogP contribution is -2.28. The van der Waals surface area contributed by atoms with Crippen molar-refractivity contribution in [3.63, 3.8) is 0 Å². The van der Waals surface area contributed by atoms with Crippen LogP contribution in [0.2, 0.25) is 0 Å². The van der Waals surface area contributed by atoms with Crippen molar-refractivity contribution < 1.29 is 18.9 Å². The summed E-state index contributed by atoms with van der Waals surface area (Å²) in [5, 5.41) is 9.21. The van der Waals surface area contributed by atoms with Crippen LogP contribution in [0.5, 0.6) is 0 Å². The van der Waals surface area contributed by atoms with Gasteiger partial charge in [-0.1, -0.05) is 0 Å². The Kier molecular flexibility index (Phi) is 5.23. The van der Waals surface area contributed by atoms with Gasteiger partial charge in [0.25, 0.3) is 5.91 Å². The number of carbonyl (C=O) groups excluding carboxylic acids is 1. The van der Waals surface area contributed by atoms with E-state index in [9.17, 15) is 4.79 Å². The summed E-state index contributed by atoms with van der Waals surface area (Å²) in [4.78, 5) is 11.4. The second kappa shape index (κ2) is 6.75. The average Bonchev–Trinajstić information content (AvgIpc) is 2.69. The van der Waals surface area contributed by atoms with Gasteiger partial charge in [0.1, 0.15) is 0 Å². The van der Waals surface area contributed by atoms with E-state index in [1.165, 1.54) is 0 Å². The van der Waals surface area contributed by atoms with Gasteiger partial charge in [0.2, 0.25) is 11.5 Å². The van der Waals surface area contributed by atoms with Crippen LogP contribution in [0.25, 0.3) is 0 Å². The number of nitrogens with two attached hydrogens (primary N) is 1. The van der Waals surface area contributed by atoms with Gasteiger partial charge in [0, 0.05) is 13.7 Å². The van der Waals surface area contributed by atoms with Gasteiger partial charge in [-0.15, -0.1) is 0 Å². The Morgan fingerprint density at radius 1 is 1.44 bits per heavy atom. The number of carbonyl (C=O) groups is 1. The summed E-state index contributed by atoms with van der Waals surface area (Å²) in [7, 11) is 1.59. The molecule has 0 aromatic carbocycles. The standard InChI is InChI=1S/C8H14N4O4/c1-14-4-5-15-3-2-10-8(13)6-7(9)12-16-11-6/h2-5H2,1H3,(H2,9,12)(H,10,13). The number of nitrogen functional groups attached to an aromatic ring is 1. The fourth-order valence-corrected chi connectivity index (χ4v) is 0.918. The van der Waals surface area contributed by atoms with Crippen LogP contribution in [0.15, 0.2) is 4.63 Å². The molecule has 0 aliphatic heterocycles. The van der Waals surface area contributed by atoms with Crippen molar-refractivity contribution in [2.45, 2.75) is 0 Å². The number of hydrogen-bond acceptors (Lipinski definition) is 7. The van der Waals surface area contributed by atoms with Crippen LogP contribution in [-0.2, 0) is 9.47 Å². The lowest BCUT2D eigenvalue weighted by molar-refractivity contribution is 0.0691. The maximum absolute atomic E-state index is 11.4. The molecule has 8 heteroatoms. The van der Waals surface area contributed by atoms with Crippen molar-refractivity contribution in [1.82, 2.24) is 15.6 Å². The Hall–Kier alpha value is -1.67. The molecule has 0 unspecified atom stereocenters. The number of nitrogens with one attached hydrogen (secondary N) is 1. The molecule has 1 heterocycles. The fraction of sp³-hybridized carbons (Fsp3) is 0.625. The Balaban J connectivity index is 2.14. The van der Waals surface area contributed by atoms with Crippen molar-refractivity contribution in [2.75, 3.05) is 39.2 Å². The van der Waals surface area contributed by atoms with Crippen LogP contribution in [0, 0.1) is 0 Å². The number of amides is 1. The van der Waals surface area contributed by atoms with Gasteiger partial charge >= 0.3 is 0 Å². The van der Waals surface area contributed by atoms with Crippen molar-refractivity contribution in [1.29, 1.82) is 0 Å². The topological polar surface area (TPSA) is 112 Å². The van der Waals surface area contributed by atoms with E-state index >= 15 is 0 Å². The van der Waals surface area contributed by atoms with E-state index in [1.54, 1.807) is 7.11 Å². The molecule has 16 heavy (non-hydrogen) atoms. The summed E-state index contributed by atoms with van der Waals surface area (Å²) in [6, 6.07) is 0. The minimum atomic E-state index is -0.436. The monoisotopic (exact) mass is 230 g/mol. The number of rotatable bonds is 7. The summed E-state index contributed by atoms with van der Waals surface area (Å²) < 4.78 is 14.2. The molecule has 8 nitrogen and oxygen atoms in total. The SMILES string of the molecule is COCCOCCNC(=O)c1nonc1N. The van der Waals surface area contributed by atoms with E-state index in [0.717, 1.165) is 0 Å². The normalized spacial score (nSPS) is 10.3. The molecule has 0 atom stereocenters. The van der Waals surface area contributed by atoms with Crippen molar-refractivity contribution >= 4 is 11.7 Å². The third kappa shape index (κ3) is 3.83. The maximum Gasteiger partial charge on any atom is 0.277 e. The molecular formula is C8H14N4O4. The van der Waals surface area contributed by atoms with Crippen LogP contribution >= 0.6 is 0 Å². The first-order chi connectivity index (χ1) is 7.75. The van der Waals surface area contributed by atoms with Crippen LogP contribution in [0.3, 0.4) is 0 Å². The van der Waals surface area contributed by atoms with E-state index in [2.05, 4.69) is 20.3 Å². The zero-order valence-electron chi connectivity index (χ0n) is 8.93. The number of hydrogen-bond donors (Lipinski definition) is 2. The van der Waals surface area contributed by atoms with Gasteiger partial charge in [-0.25, -0.2) is 4.63 Å². The van der Waals surface area contributed by atoms with E-state index in [0.29, 0.717) is 26.4 Å². The number of aromatic nitrogens is 2. The molecule has 0 bridgehead atoms. The molecule has 90 valence electrons. The largest absolute Gasteiger partial charge is 0.382 e. The molecule has 1 amide bonds. The van der Waals surface area contributed by atoms with Crippen LogP contribution < -0.4 is 11.1 Å². The van der Waals surface area contributed by atoms with Crippen LogP contribution in [0.4, 0.5) is 5.82 Å². The molecule has 0 saturated carbocycles. The van der Waals surface area contributed by atoms with Crippen molar-refractivity contribution in [3.05, 3.63) is 5.69 Å². The first kappa shape index (κ1) is 12.4. The van der Waals surface area contributed by atoms with Crippen LogP contribution in [-0.4, -0.2) is 49.7 Å². The van der Waals surface area contributed by atoms with E-state index < -0.39 is 5.91 Å². The Morgan fingerprint density at radius 2 is 2.25 bits per heavy atom. The molecule has 0 fully saturated rings. The Morgan fingerprint density at radius 3 is 2.88 bits per heavy atom. The Bertz CT molecular complexity index is 328. The highest BCUT2D eigenvalue weighted by molar-refractivity contribution is 5.95. The first-order valence-corrected chi connectivity index (χ1v) is 4.68. The van der Waals surface area contributed by atoms with Gasteiger partial charge in [0.15, 0.2) is 0 Å². The predicted molar refractivity (Wildman–Crippen MR) is 53.7 cm³/mol. The lowest BCUT2D eigenvalue weighted by Gasteiger charge is -2.04. The number of nitrogens with zero attached hydrogens (tertiary/aromatic N) is 2. The molecule has 1 aromatic heterocycles. The summed E-state index contributed by atoms with van der Waals surface area (Å²) in [6.45, 7) is 1.75. The molecule has 0 spiro atoms. The van der Waals surface area contributed by atoms with Crippen molar-refractivity contribution in [3.8, 4) is 0 Å². The highest BCUT2D eigenvalue weighted by Gasteiger charge is 2.14. The number of ether oxygens (including phenoxy) is 2. The average molecular weight is 230 g/mol. The molecule has 0 saturated heterocycles. The maximum atomic E-state index is 11.4. The molecule has 0 aliphatic rings. The second-order valence-corrected chi connectivity index (χ2v) is 2.86. The summed E-state index contributed by atoms with van der Waals surface area (Å²) >= 11 is 0. The zero-order valence-corrected chi connectivity index (χ0v) is 8.93. The predicted octanol–water partition coefficient (Wildman–Crippen LogP) is -0.955. The van der Waals surface area contributed by atoms with Gasteiger partial charge < -0.3 is 20.5 Å². The third-order valence-corrected chi connectivity index (χ3v) is 1.69. The molecule has 3 N–H and O–H groups in total. The third-order valence-electron chi connectivity index (χ3n) is 1.69. The molecule has 0 aliphatic carbocycles. The minimum absolute atomic E-state index is 0.0168. The van der Waals surface area contributed by atoms with E-state index in [1.807, 2.05) is 0 Å². The molecule has 0 radical (unpaired) electrons. The quantitative estimate of drug-likeness (QED) is 0.580. The highest BCUT2D eigenvalue weighted by Crippen LogP contribution is 2.02. The Labute approximate surface area is 92.0 Å². The van der Waals surface area contributed by atoms with Gasteiger partial charge in [-0.05, 0) is 10.3 Å². The highest BCUT2D eigenvalue weighted by atomic mass is 16.6. The lowest BCUT2D eigenvalue weighted by atomic mass is 10.4. The summed E-state index contributed by atoms with van der Waals surface area (Å²) in [5.41, 5.74) is 5.32. The molecule has 1 aromatic rings. The summed E-state index contributed by atoms with van der Waals surface area (Å²) in [5.74, 6) is -0.466. The van der Waals surface area contributed by atoms with Crippen molar-refractivity contribution in [2.24, 2.45) is 0 Å². The number of anilines is 1. The van der Waals surface area contributed by atoms with E-state index in [-0.39, 0.29) is 11.5 Å². The smallest absolute Gasteiger partial charge is 0.277 e. The van der Waals surface area contributed by atoms with Gasteiger partial charge in [0.05, 0.1) is 19.8 Å². The van der Waals surface area contributed by atoms with Gasteiger partial charge in [-0.2, -0.15) is 0 Å². The van der Waals surface area contributed by atoms with E-state index in [4.69, 9.17) is 15.2 Å².